The lowest BCUT2D eigenvalue weighted by Crippen LogP contribution is -2.34. The van der Waals surface area contributed by atoms with Gasteiger partial charge in [0.05, 0.1) is 0 Å². The summed E-state index contributed by atoms with van der Waals surface area (Å²) in [5, 5.41) is 4.42. The topological polar surface area (TPSA) is 29.3 Å². The quantitative estimate of drug-likeness (QED) is 0.794. The first kappa shape index (κ1) is 14.9. The Morgan fingerprint density at radius 3 is 2.70 bits per heavy atom. The lowest BCUT2D eigenvalue weighted by molar-refractivity contribution is 0.167. The summed E-state index contributed by atoms with van der Waals surface area (Å²) in [5.41, 5.74) is 3.97. The Balaban J connectivity index is 1.54. The molecule has 2 aliphatic rings. The van der Waals surface area contributed by atoms with Gasteiger partial charge >= 0.3 is 0 Å². The number of nitrogens with zero attached hydrogens (tertiary/aromatic N) is 2. The summed E-state index contributed by atoms with van der Waals surface area (Å²) in [6.07, 6.45) is 7.49. The van der Waals surface area contributed by atoms with E-state index in [1.54, 1.807) is 0 Å². The van der Waals surface area contributed by atoms with Crippen LogP contribution in [-0.2, 0) is 25.9 Å². The fourth-order valence-electron chi connectivity index (χ4n) is 3.80. The summed E-state index contributed by atoms with van der Waals surface area (Å²) in [7, 11) is 0. The van der Waals surface area contributed by atoms with E-state index in [-0.39, 0.29) is 0 Å². The maximum absolute atomic E-state index is 5.62. The normalized spacial score (nSPS) is 18.9. The lowest BCUT2D eigenvalue weighted by Gasteiger charge is -2.29. The first-order chi connectivity index (χ1) is 11.3. The number of aromatic nitrogens is 1. The van der Waals surface area contributed by atoms with Gasteiger partial charge in [-0.05, 0) is 50.5 Å². The molecule has 1 atom stereocenters. The molecule has 2 aliphatic carbocycles. The van der Waals surface area contributed by atoms with Gasteiger partial charge in [-0.15, -0.1) is 0 Å². The number of hydrogen-bond acceptors (Lipinski definition) is 3. The zero-order valence-electron chi connectivity index (χ0n) is 14.0. The van der Waals surface area contributed by atoms with Crippen LogP contribution in [0.3, 0.4) is 0 Å². The van der Waals surface area contributed by atoms with Gasteiger partial charge in [-0.1, -0.05) is 35.5 Å². The van der Waals surface area contributed by atoms with Crippen molar-refractivity contribution < 1.29 is 4.52 Å². The van der Waals surface area contributed by atoms with Crippen molar-refractivity contribution >= 4 is 0 Å². The predicted octanol–water partition coefficient (Wildman–Crippen LogP) is 4.35. The van der Waals surface area contributed by atoms with Crippen LogP contribution in [0.15, 0.2) is 34.9 Å². The van der Waals surface area contributed by atoms with Gasteiger partial charge < -0.3 is 4.52 Å². The van der Waals surface area contributed by atoms with E-state index < -0.39 is 0 Å². The summed E-state index contributed by atoms with van der Waals surface area (Å²) in [5.74, 6) is 2.01. The molecule has 4 rings (SSSR count). The van der Waals surface area contributed by atoms with Crippen molar-refractivity contribution in [2.75, 3.05) is 0 Å². The number of fused-ring (bicyclic) bond motifs is 1. The molecule has 0 bridgehead atoms. The van der Waals surface area contributed by atoms with Gasteiger partial charge in [0.1, 0.15) is 11.5 Å². The monoisotopic (exact) mass is 310 g/mol. The smallest absolute Gasteiger partial charge is 0.140 e. The summed E-state index contributed by atoms with van der Waals surface area (Å²) in [4.78, 5) is 2.60. The second-order valence-corrected chi connectivity index (χ2v) is 7.21. The molecule has 1 aromatic heterocycles. The zero-order valence-corrected chi connectivity index (χ0v) is 14.0. The van der Waals surface area contributed by atoms with E-state index in [2.05, 4.69) is 47.3 Å². The summed E-state index contributed by atoms with van der Waals surface area (Å²) in [6, 6.07) is 11.4. The van der Waals surface area contributed by atoms with Gasteiger partial charge in [-0.25, -0.2) is 0 Å². The molecule has 0 aliphatic heterocycles. The third kappa shape index (κ3) is 3.35. The summed E-state index contributed by atoms with van der Waals surface area (Å²) >= 11 is 0. The maximum Gasteiger partial charge on any atom is 0.140 e. The maximum atomic E-state index is 5.62. The minimum Gasteiger partial charge on any atom is -0.361 e. The van der Waals surface area contributed by atoms with Crippen LogP contribution in [0.4, 0.5) is 0 Å². The van der Waals surface area contributed by atoms with Gasteiger partial charge in [-0.3, -0.25) is 4.90 Å². The molecule has 122 valence electrons. The van der Waals surface area contributed by atoms with Gasteiger partial charge in [0.2, 0.25) is 0 Å². The number of hydrogen-bond donors (Lipinski definition) is 0. The molecule has 0 amide bonds. The van der Waals surface area contributed by atoms with Crippen LogP contribution in [0.2, 0.25) is 0 Å². The Morgan fingerprint density at radius 2 is 1.91 bits per heavy atom. The highest BCUT2D eigenvalue weighted by molar-refractivity contribution is 5.25. The van der Waals surface area contributed by atoms with Crippen molar-refractivity contribution in [1.29, 1.82) is 0 Å². The third-order valence-corrected chi connectivity index (χ3v) is 5.49. The van der Waals surface area contributed by atoms with Crippen LogP contribution in [-0.4, -0.2) is 16.1 Å². The standard InChI is InChI=1S/C20H26N2O/c1-15(17-11-12-17)22(13-16-7-3-2-4-8-16)14-19-18-9-5-6-10-20(18)23-21-19/h2-4,7-8,15,17H,5-6,9-14H2,1H3. The SMILES string of the molecule is CC(C1CC1)N(Cc1ccccc1)Cc1noc2c1CCCC2. The summed E-state index contributed by atoms with van der Waals surface area (Å²) < 4.78 is 5.62. The molecular weight excluding hydrogens is 284 g/mol. The second kappa shape index (κ2) is 6.48. The molecule has 0 N–H and O–H groups in total. The van der Waals surface area contributed by atoms with Crippen LogP contribution in [0.1, 0.15) is 55.2 Å². The molecule has 0 spiro atoms. The number of benzene rings is 1. The number of aryl methyl sites for hydroxylation is 1. The van der Waals surface area contributed by atoms with Crippen molar-refractivity contribution in [3.63, 3.8) is 0 Å². The van der Waals surface area contributed by atoms with Crippen molar-refractivity contribution in [3.05, 3.63) is 52.9 Å². The lowest BCUT2D eigenvalue weighted by atomic mass is 9.96. The van der Waals surface area contributed by atoms with Gasteiger partial charge in [0.15, 0.2) is 0 Å². The second-order valence-electron chi connectivity index (χ2n) is 7.21. The molecule has 3 nitrogen and oxygen atoms in total. The van der Waals surface area contributed by atoms with Crippen LogP contribution in [0, 0.1) is 5.92 Å². The Hall–Kier alpha value is -1.61. The highest BCUT2D eigenvalue weighted by Crippen LogP contribution is 2.36. The molecule has 1 fully saturated rings. The van der Waals surface area contributed by atoms with E-state index in [4.69, 9.17) is 4.52 Å². The van der Waals surface area contributed by atoms with Crippen molar-refractivity contribution in [2.45, 2.75) is 64.6 Å². The highest BCUT2D eigenvalue weighted by atomic mass is 16.5. The van der Waals surface area contributed by atoms with Gasteiger partial charge in [0, 0.05) is 31.1 Å². The highest BCUT2D eigenvalue weighted by Gasteiger charge is 2.33. The van der Waals surface area contributed by atoms with Gasteiger partial charge in [0.25, 0.3) is 0 Å². The van der Waals surface area contributed by atoms with Crippen LogP contribution in [0.25, 0.3) is 0 Å². The molecule has 3 heteroatoms. The first-order valence-corrected chi connectivity index (χ1v) is 9.05. The zero-order chi connectivity index (χ0) is 15.6. The Bertz CT molecular complexity index is 645. The van der Waals surface area contributed by atoms with E-state index in [1.807, 2.05) is 0 Å². The Kier molecular flexibility index (Phi) is 4.21. The van der Waals surface area contributed by atoms with E-state index in [0.717, 1.165) is 37.6 Å². The molecule has 23 heavy (non-hydrogen) atoms. The van der Waals surface area contributed by atoms with Crippen LogP contribution in [0.5, 0.6) is 0 Å². The molecule has 1 saturated carbocycles. The van der Waals surface area contributed by atoms with Crippen molar-refractivity contribution in [1.82, 2.24) is 10.1 Å². The van der Waals surface area contributed by atoms with E-state index in [1.165, 1.54) is 42.5 Å². The van der Waals surface area contributed by atoms with Crippen molar-refractivity contribution in [3.8, 4) is 0 Å². The largest absolute Gasteiger partial charge is 0.361 e. The first-order valence-electron chi connectivity index (χ1n) is 9.05. The van der Waals surface area contributed by atoms with Crippen LogP contribution >= 0.6 is 0 Å². The minimum absolute atomic E-state index is 0.617. The predicted molar refractivity (Wildman–Crippen MR) is 91.0 cm³/mol. The molecule has 1 unspecified atom stereocenters. The van der Waals surface area contributed by atoms with E-state index in [9.17, 15) is 0 Å². The molecule has 0 saturated heterocycles. The molecule has 1 heterocycles. The average Bonchev–Trinajstić information content (AvgIpc) is 3.37. The Morgan fingerprint density at radius 1 is 1.13 bits per heavy atom. The fraction of sp³-hybridized carbons (Fsp3) is 0.550. The minimum atomic E-state index is 0.617. The third-order valence-electron chi connectivity index (χ3n) is 5.49. The Labute approximate surface area is 138 Å². The van der Waals surface area contributed by atoms with Crippen LogP contribution < -0.4 is 0 Å². The van der Waals surface area contributed by atoms with E-state index in [0.29, 0.717) is 6.04 Å². The molecular formula is C20H26N2O. The number of rotatable bonds is 6. The van der Waals surface area contributed by atoms with E-state index >= 15 is 0 Å². The summed E-state index contributed by atoms with van der Waals surface area (Å²) in [6.45, 7) is 4.30. The molecule has 2 aromatic rings. The van der Waals surface area contributed by atoms with Gasteiger partial charge in [-0.2, -0.15) is 0 Å². The van der Waals surface area contributed by atoms with Crippen molar-refractivity contribution in [2.24, 2.45) is 5.92 Å². The average molecular weight is 310 g/mol. The molecule has 0 radical (unpaired) electrons. The fourth-order valence-corrected chi connectivity index (χ4v) is 3.80. The molecule has 1 aromatic carbocycles.